The molecular formula is C12H22N4. The standard InChI is InChI=1S/C12H22N4/c1-5-6-7-8-14-12-11(13)10(4)15-16(12)9(2)3/h5-6,9,14H,7-8,13H2,1-4H3/b6-5+. The van der Waals surface area contributed by atoms with Crippen LogP contribution in [0, 0.1) is 6.92 Å². The topological polar surface area (TPSA) is 55.9 Å². The van der Waals surface area contributed by atoms with Crippen LogP contribution in [0.3, 0.4) is 0 Å². The monoisotopic (exact) mass is 222 g/mol. The zero-order valence-corrected chi connectivity index (χ0v) is 10.6. The summed E-state index contributed by atoms with van der Waals surface area (Å²) >= 11 is 0. The van der Waals surface area contributed by atoms with E-state index in [2.05, 4.69) is 36.4 Å². The van der Waals surface area contributed by atoms with E-state index in [1.54, 1.807) is 0 Å². The van der Waals surface area contributed by atoms with Crippen LogP contribution >= 0.6 is 0 Å². The van der Waals surface area contributed by atoms with Crippen molar-refractivity contribution < 1.29 is 0 Å². The molecule has 0 aromatic carbocycles. The number of anilines is 2. The zero-order valence-electron chi connectivity index (χ0n) is 10.6. The van der Waals surface area contributed by atoms with Crippen molar-refractivity contribution >= 4 is 11.5 Å². The Morgan fingerprint density at radius 2 is 2.19 bits per heavy atom. The van der Waals surface area contributed by atoms with Gasteiger partial charge in [-0.1, -0.05) is 12.2 Å². The number of nitrogens with one attached hydrogen (secondary N) is 1. The van der Waals surface area contributed by atoms with Gasteiger partial charge in [-0.25, -0.2) is 4.68 Å². The highest BCUT2D eigenvalue weighted by Crippen LogP contribution is 2.25. The van der Waals surface area contributed by atoms with Gasteiger partial charge >= 0.3 is 0 Å². The fraction of sp³-hybridized carbons (Fsp3) is 0.583. The molecule has 1 aromatic heterocycles. The Kier molecular flexibility index (Phi) is 4.40. The van der Waals surface area contributed by atoms with Gasteiger partial charge in [0.25, 0.3) is 0 Å². The number of aryl methyl sites for hydroxylation is 1. The van der Waals surface area contributed by atoms with E-state index in [-0.39, 0.29) is 0 Å². The predicted molar refractivity (Wildman–Crippen MR) is 69.7 cm³/mol. The van der Waals surface area contributed by atoms with E-state index in [1.165, 1.54) is 0 Å². The van der Waals surface area contributed by atoms with E-state index in [0.29, 0.717) is 6.04 Å². The van der Waals surface area contributed by atoms with Gasteiger partial charge in [0.15, 0.2) is 0 Å². The lowest BCUT2D eigenvalue weighted by Gasteiger charge is -2.12. The largest absolute Gasteiger partial charge is 0.394 e. The van der Waals surface area contributed by atoms with E-state index in [4.69, 9.17) is 5.73 Å². The number of nitrogens with zero attached hydrogens (tertiary/aromatic N) is 2. The molecule has 0 radical (unpaired) electrons. The number of allylic oxidation sites excluding steroid dienone is 1. The molecule has 1 aromatic rings. The minimum absolute atomic E-state index is 0.320. The molecule has 0 aliphatic rings. The molecule has 0 fully saturated rings. The lowest BCUT2D eigenvalue weighted by atomic mass is 10.3. The van der Waals surface area contributed by atoms with Crippen LogP contribution in [0.2, 0.25) is 0 Å². The first kappa shape index (κ1) is 12.6. The van der Waals surface area contributed by atoms with Crippen molar-refractivity contribution in [1.29, 1.82) is 0 Å². The van der Waals surface area contributed by atoms with Crippen molar-refractivity contribution in [3.63, 3.8) is 0 Å². The molecule has 4 heteroatoms. The van der Waals surface area contributed by atoms with E-state index in [9.17, 15) is 0 Å². The second-order valence-electron chi connectivity index (χ2n) is 4.17. The summed E-state index contributed by atoms with van der Waals surface area (Å²) in [5, 5.41) is 7.76. The average molecular weight is 222 g/mol. The minimum atomic E-state index is 0.320. The van der Waals surface area contributed by atoms with Crippen molar-refractivity contribution in [3.8, 4) is 0 Å². The van der Waals surface area contributed by atoms with Gasteiger partial charge in [0.2, 0.25) is 0 Å². The smallest absolute Gasteiger partial charge is 0.148 e. The normalized spacial score (nSPS) is 11.6. The Morgan fingerprint density at radius 3 is 2.75 bits per heavy atom. The van der Waals surface area contributed by atoms with Crippen LogP contribution in [-0.4, -0.2) is 16.3 Å². The van der Waals surface area contributed by atoms with Gasteiger partial charge in [-0.05, 0) is 34.1 Å². The average Bonchev–Trinajstić information content (AvgIpc) is 2.52. The van der Waals surface area contributed by atoms with Crippen molar-refractivity contribution in [2.45, 2.75) is 40.2 Å². The molecule has 0 aliphatic carbocycles. The number of hydrogen-bond acceptors (Lipinski definition) is 3. The summed E-state index contributed by atoms with van der Waals surface area (Å²) < 4.78 is 1.94. The van der Waals surface area contributed by atoms with E-state index >= 15 is 0 Å². The molecule has 0 atom stereocenters. The van der Waals surface area contributed by atoms with Gasteiger partial charge < -0.3 is 11.1 Å². The van der Waals surface area contributed by atoms with Gasteiger partial charge in [0.05, 0.1) is 11.4 Å². The first-order valence-corrected chi connectivity index (χ1v) is 5.77. The summed E-state index contributed by atoms with van der Waals surface area (Å²) in [6.45, 7) is 9.04. The lowest BCUT2D eigenvalue weighted by molar-refractivity contribution is 0.534. The first-order chi connectivity index (χ1) is 7.57. The number of rotatable bonds is 5. The highest BCUT2D eigenvalue weighted by Gasteiger charge is 2.13. The van der Waals surface area contributed by atoms with Gasteiger partial charge in [0.1, 0.15) is 5.82 Å². The highest BCUT2D eigenvalue weighted by molar-refractivity contribution is 5.64. The predicted octanol–water partition coefficient (Wildman–Crippen LogP) is 2.73. The number of hydrogen-bond donors (Lipinski definition) is 2. The second-order valence-corrected chi connectivity index (χ2v) is 4.17. The Balaban J connectivity index is 2.76. The maximum Gasteiger partial charge on any atom is 0.148 e. The Morgan fingerprint density at radius 1 is 1.50 bits per heavy atom. The lowest BCUT2D eigenvalue weighted by Crippen LogP contribution is -2.11. The summed E-state index contributed by atoms with van der Waals surface area (Å²) in [6, 6.07) is 0.320. The molecule has 0 spiro atoms. The summed E-state index contributed by atoms with van der Waals surface area (Å²) in [4.78, 5) is 0. The second kappa shape index (κ2) is 5.58. The minimum Gasteiger partial charge on any atom is -0.394 e. The molecule has 1 heterocycles. The Labute approximate surface area is 97.5 Å². The number of aromatic nitrogens is 2. The molecule has 16 heavy (non-hydrogen) atoms. The third-order valence-electron chi connectivity index (χ3n) is 2.46. The van der Waals surface area contributed by atoms with Crippen LogP contribution in [0.5, 0.6) is 0 Å². The summed E-state index contributed by atoms with van der Waals surface area (Å²) in [6.07, 6.45) is 5.18. The molecule has 0 unspecified atom stereocenters. The van der Waals surface area contributed by atoms with Crippen molar-refractivity contribution in [3.05, 3.63) is 17.8 Å². The van der Waals surface area contributed by atoms with Crippen LogP contribution in [0.4, 0.5) is 11.5 Å². The Hall–Kier alpha value is -1.45. The number of nitrogen functional groups attached to an aromatic ring is 1. The SMILES string of the molecule is C/C=C/CCNc1c(N)c(C)nn1C(C)C. The van der Waals surface area contributed by atoms with Gasteiger partial charge in [0, 0.05) is 12.6 Å². The third-order valence-corrected chi connectivity index (χ3v) is 2.46. The molecule has 1 rings (SSSR count). The van der Waals surface area contributed by atoms with Crippen LogP contribution in [0.15, 0.2) is 12.2 Å². The van der Waals surface area contributed by atoms with E-state index < -0.39 is 0 Å². The highest BCUT2D eigenvalue weighted by atomic mass is 15.4. The van der Waals surface area contributed by atoms with Gasteiger partial charge in [-0.3, -0.25) is 0 Å². The van der Waals surface area contributed by atoms with Gasteiger partial charge in [-0.15, -0.1) is 0 Å². The fourth-order valence-electron chi connectivity index (χ4n) is 1.55. The summed E-state index contributed by atoms with van der Waals surface area (Å²) in [7, 11) is 0. The fourth-order valence-corrected chi connectivity index (χ4v) is 1.55. The number of nitrogens with two attached hydrogens (primary N) is 1. The van der Waals surface area contributed by atoms with Crippen LogP contribution in [0.25, 0.3) is 0 Å². The Bertz CT molecular complexity index is 363. The molecule has 0 amide bonds. The van der Waals surface area contributed by atoms with Crippen molar-refractivity contribution in [1.82, 2.24) is 9.78 Å². The first-order valence-electron chi connectivity index (χ1n) is 5.77. The maximum atomic E-state index is 5.99. The van der Waals surface area contributed by atoms with Gasteiger partial charge in [-0.2, -0.15) is 5.10 Å². The molecule has 0 bridgehead atoms. The zero-order chi connectivity index (χ0) is 12.1. The molecule has 0 aliphatic heterocycles. The summed E-state index contributed by atoms with van der Waals surface area (Å²) in [5.74, 6) is 0.942. The molecular weight excluding hydrogens is 200 g/mol. The quantitative estimate of drug-likeness (QED) is 0.595. The van der Waals surface area contributed by atoms with Crippen molar-refractivity contribution in [2.24, 2.45) is 0 Å². The van der Waals surface area contributed by atoms with E-state index in [1.807, 2.05) is 18.5 Å². The third kappa shape index (κ3) is 2.78. The maximum absolute atomic E-state index is 5.99. The van der Waals surface area contributed by atoms with E-state index in [0.717, 1.165) is 30.2 Å². The molecule has 3 N–H and O–H groups in total. The molecule has 0 saturated carbocycles. The van der Waals surface area contributed by atoms with Crippen LogP contribution < -0.4 is 11.1 Å². The van der Waals surface area contributed by atoms with Crippen molar-refractivity contribution in [2.75, 3.05) is 17.6 Å². The summed E-state index contributed by atoms with van der Waals surface area (Å²) in [5.41, 5.74) is 7.64. The molecule has 0 saturated heterocycles. The molecule has 4 nitrogen and oxygen atoms in total. The van der Waals surface area contributed by atoms with Crippen LogP contribution in [0.1, 0.15) is 38.9 Å². The van der Waals surface area contributed by atoms with Crippen LogP contribution in [-0.2, 0) is 0 Å². The molecule has 90 valence electrons.